The minimum absolute atomic E-state index is 0.171. The number of pyridine rings is 1. The molecule has 26 heavy (non-hydrogen) atoms. The molecule has 0 radical (unpaired) electrons. The van der Waals surface area contributed by atoms with Crippen LogP contribution in [0.1, 0.15) is 18.1 Å². The van der Waals surface area contributed by atoms with Gasteiger partial charge in [-0.1, -0.05) is 37.3 Å². The lowest BCUT2D eigenvalue weighted by atomic mass is 10.1. The molecule has 0 bridgehead atoms. The molecule has 0 aliphatic rings. The summed E-state index contributed by atoms with van der Waals surface area (Å²) in [5.41, 5.74) is 3.61. The van der Waals surface area contributed by atoms with Gasteiger partial charge in [0.2, 0.25) is 5.91 Å². The van der Waals surface area contributed by atoms with Crippen molar-refractivity contribution in [2.75, 3.05) is 10.6 Å². The Hall–Kier alpha value is -3.21. The molecule has 0 fully saturated rings. The molecule has 2 N–H and O–H groups in total. The minimum Gasteiger partial charge on any atom is -0.340 e. The van der Waals surface area contributed by atoms with Crippen LogP contribution in [0.3, 0.4) is 0 Å². The van der Waals surface area contributed by atoms with Gasteiger partial charge in [0.1, 0.15) is 11.6 Å². The van der Waals surface area contributed by atoms with Crippen molar-refractivity contribution in [2.45, 2.75) is 19.8 Å². The number of nitrogens with one attached hydrogen (secondary N) is 2. The standard InChI is InChI=1S/C21H20FN3O/c1-2-16-5-3-4-6-19(16)25-20-12-11-18(14-23-20)24-21(26)13-15-7-9-17(22)10-8-15/h3-12,14H,2,13H2,1H3,(H,23,25)(H,24,26). The van der Waals surface area contributed by atoms with E-state index in [2.05, 4.69) is 28.6 Å². The Kier molecular flexibility index (Phi) is 5.59. The van der Waals surface area contributed by atoms with E-state index in [4.69, 9.17) is 0 Å². The van der Waals surface area contributed by atoms with Crippen molar-refractivity contribution in [3.63, 3.8) is 0 Å². The van der Waals surface area contributed by atoms with Crippen molar-refractivity contribution < 1.29 is 9.18 Å². The zero-order valence-electron chi connectivity index (χ0n) is 14.5. The summed E-state index contributed by atoms with van der Waals surface area (Å²) in [7, 11) is 0. The second kappa shape index (κ2) is 8.25. The first-order valence-electron chi connectivity index (χ1n) is 8.49. The molecule has 1 aromatic heterocycles. The lowest BCUT2D eigenvalue weighted by molar-refractivity contribution is -0.115. The Balaban J connectivity index is 1.60. The van der Waals surface area contributed by atoms with Gasteiger partial charge in [0, 0.05) is 5.69 Å². The van der Waals surface area contributed by atoms with Crippen molar-refractivity contribution in [1.29, 1.82) is 0 Å². The first-order chi connectivity index (χ1) is 12.6. The molecule has 1 heterocycles. The molecule has 1 amide bonds. The Morgan fingerprint density at radius 3 is 2.50 bits per heavy atom. The number of carbonyl (C=O) groups is 1. The third-order valence-electron chi connectivity index (χ3n) is 3.99. The molecule has 132 valence electrons. The van der Waals surface area contributed by atoms with E-state index in [-0.39, 0.29) is 18.1 Å². The number of benzene rings is 2. The van der Waals surface area contributed by atoms with Crippen LogP contribution in [0.25, 0.3) is 0 Å². The maximum absolute atomic E-state index is 12.9. The predicted molar refractivity (Wildman–Crippen MR) is 102 cm³/mol. The predicted octanol–water partition coefficient (Wildman–Crippen LogP) is 4.71. The molecule has 3 rings (SSSR count). The molecular formula is C21H20FN3O. The number of rotatable bonds is 6. The van der Waals surface area contributed by atoms with Crippen molar-refractivity contribution in [3.05, 3.63) is 83.8 Å². The lowest BCUT2D eigenvalue weighted by Crippen LogP contribution is -2.14. The first-order valence-corrected chi connectivity index (χ1v) is 8.49. The van der Waals surface area contributed by atoms with Crippen LogP contribution in [0.4, 0.5) is 21.6 Å². The normalized spacial score (nSPS) is 10.4. The van der Waals surface area contributed by atoms with Crippen LogP contribution >= 0.6 is 0 Å². The van der Waals surface area contributed by atoms with Crippen molar-refractivity contribution in [3.8, 4) is 0 Å². The molecule has 0 unspecified atom stereocenters. The fraction of sp³-hybridized carbons (Fsp3) is 0.143. The Morgan fingerprint density at radius 1 is 1.04 bits per heavy atom. The lowest BCUT2D eigenvalue weighted by Gasteiger charge is -2.11. The molecule has 0 atom stereocenters. The highest BCUT2D eigenvalue weighted by atomic mass is 19.1. The maximum Gasteiger partial charge on any atom is 0.228 e. The van der Waals surface area contributed by atoms with Crippen LogP contribution in [0, 0.1) is 5.82 Å². The van der Waals surface area contributed by atoms with E-state index in [9.17, 15) is 9.18 Å². The Bertz CT molecular complexity index is 877. The highest BCUT2D eigenvalue weighted by Gasteiger charge is 2.06. The van der Waals surface area contributed by atoms with Crippen molar-refractivity contribution >= 4 is 23.1 Å². The molecular weight excluding hydrogens is 329 g/mol. The highest BCUT2D eigenvalue weighted by Crippen LogP contribution is 2.20. The first kappa shape index (κ1) is 17.6. The van der Waals surface area contributed by atoms with E-state index in [0.29, 0.717) is 11.5 Å². The van der Waals surface area contributed by atoms with Gasteiger partial charge in [-0.2, -0.15) is 0 Å². The minimum atomic E-state index is -0.314. The number of carbonyl (C=O) groups excluding carboxylic acids is 1. The number of hydrogen-bond acceptors (Lipinski definition) is 3. The molecule has 0 spiro atoms. The number of aryl methyl sites for hydroxylation is 1. The average Bonchev–Trinajstić information content (AvgIpc) is 2.65. The molecule has 3 aromatic rings. The van der Waals surface area contributed by atoms with Gasteiger partial charge < -0.3 is 10.6 Å². The van der Waals surface area contributed by atoms with Crippen LogP contribution in [-0.4, -0.2) is 10.9 Å². The molecule has 0 aliphatic carbocycles. The number of para-hydroxylation sites is 1. The monoisotopic (exact) mass is 349 g/mol. The van der Waals surface area contributed by atoms with E-state index in [0.717, 1.165) is 17.7 Å². The fourth-order valence-electron chi connectivity index (χ4n) is 2.62. The number of aromatic nitrogens is 1. The van der Waals surface area contributed by atoms with E-state index in [1.165, 1.54) is 17.7 Å². The number of nitrogens with zero attached hydrogens (tertiary/aromatic N) is 1. The maximum atomic E-state index is 12.9. The smallest absolute Gasteiger partial charge is 0.228 e. The van der Waals surface area contributed by atoms with Crippen LogP contribution < -0.4 is 10.6 Å². The van der Waals surface area contributed by atoms with Crippen molar-refractivity contribution in [2.24, 2.45) is 0 Å². The highest BCUT2D eigenvalue weighted by molar-refractivity contribution is 5.92. The average molecular weight is 349 g/mol. The zero-order chi connectivity index (χ0) is 18.4. The Morgan fingerprint density at radius 2 is 1.81 bits per heavy atom. The SMILES string of the molecule is CCc1ccccc1Nc1ccc(NC(=O)Cc2ccc(F)cc2)cn1. The molecule has 0 saturated carbocycles. The topological polar surface area (TPSA) is 54.0 Å². The summed E-state index contributed by atoms with van der Waals surface area (Å²) in [6.07, 6.45) is 2.73. The summed E-state index contributed by atoms with van der Waals surface area (Å²) in [4.78, 5) is 16.4. The zero-order valence-corrected chi connectivity index (χ0v) is 14.5. The third-order valence-corrected chi connectivity index (χ3v) is 3.99. The van der Waals surface area contributed by atoms with E-state index < -0.39 is 0 Å². The van der Waals surface area contributed by atoms with Gasteiger partial charge in [-0.25, -0.2) is 9.37 Å². The fourth-order valence-corrected chi connectivity index (χ4v) is 2.62. The molecule has 0 saturated heterocycles. The van der Waals surface area contributed by atoms with Crippen LogP contribution in [0.2, 0.25) is 0 Å². The summed E-state index contributed by atoms with van der Waals surface area (Å²) in [5, 5.41) is 6.09. The quantitative estimate of drug-likeness (QED) is 0.678. The van der Waals surface area contributed by atoms with Gasteiger partial charge >= 0.3 is 0 Å². The van der Waals surface area contributed by atoms with Gasteiger partial charge in [0.25, 0.3) is 0 Å². The summed E-state index contributed by atoms with van der Waals surface area (Å²) in [6, 6.07) is 17.6. The number of anilines is 3. The van der Waals surface area contributed by atoms with E-state index >= 15 is 0 Å². The number of amides is 1. The molecule has 4 nitrogen and oxygen atoms in total. The summed E-state index contributed by atoms with van der Waals surface area (Å²) in [6.45, 7) is 2.10. The summed E-state index contributed by atoms with van der Waals surface area (Å²) < 4.78 is 12.9. The van der Waals surface area contributed by atoms with Gasteiger partial charge in [0.15, 0.2) is 0 Å². The summed E-state index contributed by atoms with van der Waals surface area (Å²) >= 11 is 0. The van der Waals surface area contributed by atoms with Gasteiger partial charge in [-0.15, -0.1) is 0 Å². The molecule has 2 aromatic carbocycles. The molecule has 0 aliphatic heterocycles. The Labute approximate surface area is 152 Å². The number of hydrogen-bond donors (Lipinski definition) is 2. The summed E-state index contributed by atoms with van der Waals surface area (Å²) in [5.74, 6) is 0.226. The van der Waals surface area contributed by atoms with Crippen LogP contribution in [0.5, 0.6) is 0 Å². The van der Waals surface area contributed by atoms with Gasteiger partial charge in [-0.05, 0) is 47.9 Å². The van der Waals surface area contributed by atoms with Crippen LogP contribution in [-0.2, 0) is 17.6 Å². The third kappa shape index (κ3) is 4.66. The van der Waals surface area contributed by atoms with Crippen molar-refractivity contribution in [1.82, 2.24) is 4.98 Å². The van der Waals surface area contributed by atoms with Gasteiger partial charge in [-0.3, -0.25) is 4.79 Å². The second-order valence-electron chi connectivity index (χ2n) is 5.92. The van der Waals surface area contributed by atoms with E-state index in [1.54, 1.807) is 24.4 Å². The molecule has 5 heteroatoms. The second-order valence-corrected chi connectivity index (χ2v) is 5.92. The van der Waals surface area contributed by atoms with E-state index in [1.807, 2.05) is 24.3 Å². The largest absolute Gasteiger partial charge is 0.340 e. The number of halogens is 1. The van der Waals surface area contributed by atoms with Gasteiger partial charge in [0.05, 0.1) is 18.3 Å². The van der Waals surface area contributed by atoms with Crippen LogP contribution in [0.15, 0.2) is 66.9 Å².